The summed E-state index contributed by atoms with van der Waals surface area (Å²) in [7, 11) is 0. The minimum absolute atomic E-state index is 0.118. The molecule has 2 aromatic rings. The van der Waals surface area contributed by atoms with E-state index in [0.717, 1.165) is 31.5 Å². The second-order valence-corrected chi connectivity index (χ2v) is 6.96. The molecule has 1 aliphatic heterocycles. The number of aryl methyl sites for hydroxylation is 1. The number of anilines is 1. The van der Waals surface area contributed by atoms with E-state index in [-0.39, 0.29) is 24.9 Å². The number of carbonyl (C=O) groups is 3. The molecule has 1 aliphatic rings. The third-order valence-electron chi connectivity index (χ3n) is 4.76. The zero-order valence-corrected chi connectivity index (χ0v) is 16.6. The number of carbonyl (C=O) groups excluding carboxylic acids is 3. The molecule has 3 rings (SSSR count). The van der Waals surface area contributed by atoms with Crippen molar-refractivity contribution in [1.82, 2.24) is 0 Å². The van der Waals surface area contributed by atoms with Crippen LogP contribution in [0.15, 0.2) is 48.5 Å². The van der Waals surface area contributed by atoms with Gasteiger partial charge in [-0.1, -0.05) is 37.6 Å². The fraction of sp³-hybridized carbons (Fsp3) is 0.348. The van der Waals surface area contributed by atoms with Crippen LogP contribution in [-0.4, -0.2) is 37.4 Å². The largest absolute Gasteiger partial charge is 0.482 e. The lowest BCUT2D eigenvalue weighted by Crippen LogP contribution is -2.23. The monoisotopic (exact) mass is 395 g/mol. The van der Waals surface area contributed by atoms with Crippen LogP contribution >= 0.6 is 0 Å². The van der Waals surface area contributed by atoms with Crippen molar-refractivity contribution in [3.8, 4) is 5.75 Å². The van der Waals surface area contributed by atoms with Crippen molar-refractivity contribution >= 4 is 23.3 Å². The first-order chi connectivity index (χ1) is 14.1. The van der Waals surface area contributed by atoms with E-state index in [1.54, 1.807) is 41.3 Å². The Balaban J connectivity index is 1.42. The molecular weight excluding hydrogens is 370 g/mol. The summed E-state index contributed by atoms with van der Waals surface area (Å²) in [4.78, 5) is 37.5. The molecule has 0 saturated carbocycles. The van der Waals surface area contributed by atoms with Crippen LogP contribution in [-0.2, 0) is 20.7 Å². The molecule has 0 aromatic heterocycles. The molecule has 152 valence electrons. The highest BCUT2D eigenvalue weighted by Crippen LogP contribution is 2.23. The highest BCUT2D eigenvalue weighted by atomic mass is 16.6. The normalized spacial score (nSPS) is 13.4. The summed E-state index contributed by atoms with van der Waals surface area (Å²) in [6, 6.07) is 14.3. The summed E-state index contributed by atoms with van der Waals surface area (Å²) < 4.78 is 10.4. The molecule has 0 bridgehead atoms. The first-order valence-electron chi connectivity index (χ1n) is 9.88. The van der Waals surface area contributed by atoms with Crippen molar-refractivity contribution in [2.75, 3.05) is 24.7 Å². The molecule has 0 radical (unpaired) electrons. The van der Waals surface area contributed by atoms with E-state index in [1.807, 2.05) is 12.1 Å². The lowest BCUT2D eigenvalue weighted by atomic mass is 10.1. The second kappa shape index (κ2) is 9.87. The van der Waals surface area contributed by atoms with Gasteiger partial charge in [0.25, 0.3) is 0 Å². The fourth-order valence-electron chi connectivity index (χ4n) is 3.20. The van der Waals surface area contributed by atoms with E-state index in [9.17, 15) is 14.4 Å². The summed E-state index contributed by atoms with van der Waals surface area (Å²) >= 11 is 0. The van der Waals surface area contributed by atoms with Crippen molar-refractivity contribution in [2.24, 2.45) is 0 Å². The smallest absolute Gasteiger partial charge is 0.344 e. The number of Topliss-reactive ketones (excluding diaryl/α,β-unsaturated/α-hetero) is 1. The first-order valence-corrected chi connectivity index (χ1v) is 9.88. The molecule has 29 heavy (non-hydrogen) atoms. The summed E-state index contributed by atoms with van der Waals surface area (Å²) in [5, 5.41) is 0. The average molecular weight is 395 g/mol. The number of hydrogen-bond acceptors (Lipinski definition) is 5. The first kappa shape index (κ1) is 20.6. The van der Waals surface area contributed by atoms with Gasteiger partial charge in [0.15, 0.2) is 19.0 Å². The van der Waals surface area contributed by atoms with Gasteiger partial charge < -0.3 is 14.4 Å². The Morgan fingerprint density at radius 3 is 2.34 bits per heavy atom. The number of amides is 1. The van der Waals surface area contributed by atoms with Gasteiger partial charge in [-0.25, -0.2) is 4.79 Å². The molecule has 0 N–H and O–H groups in total. The van der Waals surface area contributed by atoms with E-state index >= 15 is 0 Å². The molecule has 0 spiro atoms. The maximum absolute atomic E-state index is 12.1. The van der Waals surface area contributed by atoms with Gasteiger partial charge in [0.2, 0.25) is 5.91 Å². The maximum atomic E-state index is 12.1. The van der Waals surface area contributed by atoms with Crippen LogP contribution in [0.4, 0.5) is 5.69 Å². The van der Waals surface area contributed by atoms with Crippen LogP contribution in [0.2, 0.25) is 0 Å². The molecule has 0 aliphatic carbocycles. The molecule has 1 saturated heterocycles. The van der Waals surface area contributed by atoms with Crippen molar-refractivity contribution in [1.29, 1.82) is 0 Å². The Labute approximate surface area is 170 Å². The van der Waals surface area contributed by atoms with Crippen molar-refractivity contribution in [3.05, 3.63) is 59.7 Å². The Morgan fingerprint density at radius 2 is 1.72 bits per heavy atom. The molecule has 6 nitrogen and oxygen atoms in total. The molecule has 1 fully saturated rings. The summed E-state index contributed by atoms with van der Waals surface area (Å²) in [5.74, 6) is -0.247. The molecule has 1 amide bonds. The number of esters is 1. The summed E-state index contributed by atoms with van der Waals surface area (Å²) in [6.45, 7) is 2.22. The molecule has 0 atom stereocenters. The van der Waals surface area contributed by atoms with Crippen molar-refractivity contribution < 1.29 is 23.9 Å². The quantitative estimate of drug-likeness (QED) is 0.479. The van der Waals surface area contributed by atoms with E-state index in [0.29, 0.717) is 17.7 Å². The van der Waals surface area contributed by atoms with Gasteiger partial charge in [-0.2, -0.15) is 0 Å². The Hall–Kier alpha value is -3.15. The molecular formula is C23H25NO5. The van der Waals surface area contributed by atoms with Gasteiger partial charge in [-0.05, 0) is 42.7 Å². The lowest BCUT2D eigenvalue weighted by Gasteiger charge is -2.16. The summed E-state index contributed by atoms with van der Waals surface area (Å²) in [6.07, 6.45) is 3.45. The van der Waals surface area contributed by atoms with Crippen LogP contribution in [0.25, 0.3) is 0 Å². The van der Waals surface area contributed by atoms with Crippen LogP contribution < -0.4 is 9.64 Å². The predicted octanol–water partition coefficient (Wildman–Crippen LogP) is 3.57. The van der Waals surface area contributed by atoms with Crippen LogP contribution in [0.1, 0.15) is 42.1 Å². The predicted molar refractivity (Wildman–Crippen MR) is 109 cm³/mol. The fourth-order valence-corrected chi connectivity index (χ4v) is 3.20. The standard InChI is InChI=1S/C23H25NO5/c1-2-4-17-6-8-18(9-7-17)21(25)15-29-23(27)16-28-20-12-10-19(11-13-20)24-14-3-5-22(24)26/h6-13H,2-5,14-16H2,1H3. The zero-order valence-electron chi connectivity index (χ0n) is 16.6. The number of benzene rings is 2. The van der Waals surface area contributed by atoms with Crippen molar-refractivity contribution in [2.45, 2.75) is 32.6 Å². The number of ketones is 1. The summed E-state index contributed by atoms with van der Waals surface area (Å²) in [5.41, 5.74) is 2.51. The third-order valence-corrected chi connectivity index (χ3v) is 4.76. The van der Waals surface area contributed by atoms with Gasteiger partial charge in [0.1, 0.15) is 5.75 Å². The Bertz CT molecular complexity index is 858. The topological polar surface area (TPSA) is 72.9 Å². The number of rotatable bonds is 9. The van der Waals surface area contributed by atoms with E-state index in [4.69, 9.17) is 9.47 Å². The van der Waals surface area contributed by atoms with Crippen LogP contribution in [0.3, 0.4) is 0 Å². The average Bonchev–Trinajstić information content (AvgIpc) is 3.17. The van der Waals surface area contributed by atoms with Gasteiger partial charge in [0, 0.05) is 24.2 Å². The van der Waals surface area contributed by atoms with E-state index in [2.05, 4.69) is 6.92 Å². The van der Waals surface area contributed by atoms with E-state index in [1.165, 1.54) is 5.56 Å². The van der Waals surface area contributed by atoms with Crippen molar-refractivity contribution in [3.63, 3.8) is 0 Å². The highest BCUT2D eigenvalue weighted by molar-refractivity contribution is 5.98. The zero-order chi connectivity index (χ0) is 20.6. The number of nitrogens with zero attached hydrogens (tertiary/aromatic N) is 1. The van der Waals surface area contributed by atoms with Gasteiger partial charge in [0.05, 0.1) is 0 Å². The number of ether oxygens (including phenoxy) is 2. The van der Waals surface area contributed by atoms with E-state index < -0.39 is 5.97 Å². The Kier molecular flexibility index (Phi) is 7.00. The molecule has 2 aromatic carbocycles. The third kappa shape index (κ3) is 5.67. The number of hydrogen-bond donors (Lipinski definition) is 0. The minimum atomic E-state index is -0.611. The van der Waals surface area contributed by atoms with Gasteiger partial charge in [-0.15, -0.1) is 0 Å². The SMILES string of the molecule is CCCc1ccc(C(=O)COC(=O)COc2ccc(N3CCCC3=O)cc2)cc1. The maximum Gasteiger partial charge on any atom is 0.344 e. The molecule has 6 heteroatoms. The van der Waals surface area contributed by atoms with Crippen LogP contribution in [0.5, 0.6) is 5.75 Å². The molecule has 1 heterocycles. The van der Waals surface area contributed by atoms with Gasteiger partial charge >= 0.3 is 5.97 Å². The molecule has 0 unspecified atom stereocenters. The Morgan fingerprint density at radius 1 is 1.00 bits per heavy atom. The second-order valence-electron chi connectivity index (χ2n) is 6.96. The lowest BCUT2D eigenvalue weighted by molar-refractivity contribution is -0.144. The van der Waals surface area contributed by atoms with Crippen LogP contribution in [0, 0.1) is 0 Å². The van der Waals surface area contributed by atoms with Gasteiger partial charge in [-0.3, -0.25) is 9.59 Å². The highest BCUT2D eigenvalue weighted by Gasteiger charge is 2.21. The minimum Gasteiger partial charge on any atom is -0.482 e.